The first-order valence-corrected chi connectivity index (χ1v) is 43.3. The van der Waals surface area contributed by atoms with Crippen LogP contribution in [0, 0.1) is 17.8 Å². The number of unbranched alkanes of at least 4 members (excludes halogenated alkanes) is 44. The number of phosphoric ester groups is 2. The summed E-state index contributed by atoms with van der Waals surface area (Å²) in [6.45, 7) is 11.8. The maximum atomic E-state index is 13.1. The smallest absolute Gasteiger partial charge is 0.462 e. The van der Waals surface area contributed by atoms with Crippen LogP contribution in [-0.2, 0) is 65.4 Å². The molecule has 0 saturated heterocycles. The van der Waals surface area contributed by atoms with Crippen molar-refractivity contribution in [3.63, 3.8) is 0 Å². The Balaban J connectivity index is 5.18. The summed E-state index contributed by atoms with van der Waals surface area (Å²) in [5, 5.41) is 10.6. The fourth-order valence-corrected chi connectivity index (χ4v) is 13.5. The summed E-state index contributed by atoms with van der Waals surface area (Å²) >= 11 is 0. The van der Waals surface area contributed by atoms with Gasteiger partial charge in [-0.1, -0.05) is 350 Å². The van der Waals surface area contributed by atoms with Gasteiger partial charge in [0.05, 0.1) is 26.4 Å². The van der Waals surface area contributed by atoms with Gasteiger partial charge in [-0.25, -0.2) is 9.13 Å². The molecule has 0 aliphatic carbocycles. The number of rotatable bonds is 76. The molecule has 0 radical (unpaired) electrons. The molecule has 0 aromatic rings. The molecule has 0 aliphatic heterocycles. The summed E-state index contributed by atoms with van der Waals surface area (Å²) in [6.07, 6.45) is 55.9. The van der Waals surface area contributed by atoms with Crippen molar-refractivity contribution in [1.82, 2.24) is 0 Å². The van der Waals surface area contributed by atoms with Crippen molar-refractivity contribution in [1.29, 1.82) is 0 Å². The average molecular weight is 1420 g/mol. The lowest BCUT2D eigenvalue weighted by Crippen LogP contribution is -2.30. The molecule has 97 heavy (non-hydrogen) atoms. The molecular formula is C78H152O17P2. The van der Waals surface area contributed by atoms with Gasteiger partial charge in [0, 0.05) is 25.7 Å². The number of ether oxygens (including phenoxy) is 4. The van der Waals surface area contributed by atoms with E-state index in [1.165, 1.54) is 205 Å². The monoisotopic (exact) mass is 1420 g/mol. The van der Waals surface area contributed by atoms with Crippen LogP contribution in [0.1, 0.15) is 402 Å². The van der Waals surface area contributed by atoms with E-state index >= 15 is 0 Å². The van der Waals surface area contributed by atoms with Crippen molar-refractivity contribution >= 4 is 39.5 Å². The van der Waals surface area contributed by atoms with Crippen molar-refractivity contribution in [2.24, 2.45) is 17.8 Å². The number of hydrogen-bond donors (Lipinski definition) is 3. The van der Waals surface area contributed by atoms with E-state index in [1.807, 2.05) is 0 Å². The van der Waals surface area contributed by atoms with Gasteiger partial charge in [-0.15, -0.1) is 0 Å². The molecule has 576 valence electrons. The van der Waals surface area contributed by atoms with Crippen LogP contribution in [0.3, 0.4) is 0 Å². The molecule has 0 rings (SSSR count). The maximum absolute atomic E-state index is 13.1. The predicted octanol–water partition coefficient (Wildman–Crippen LogP) is 23.0. The van der Waals surface area contributed by atoms with E-state index in [0.717, 1.165) is 108 Å². The first-order valence-electron chi connectivity index (χ1n) is 40.3. The van der Waals surface area contributed by atoms with E-state index in [4.69, 9.17) is 37.0 Å². The van der Waals surface area contributed by atoms with Crippen LogP contribution in [-0.4, -0.2) is 96.7 Å². The van der Waals surface area contributed by atoms with Crippen LogP contribution in [0.5, 0.6) is 0 Å². The lowest BCUT2D eigenvalue weighted by molar-refractivity contribution is -0.161. The lowest BCUT2D eigenvalue weighted by atomic mass is 10.0. The molecule has 0 aromatic heterocycles. The average Bonchev–Trinajstić information content (AvgIpc) is 2.07. The molecule has 0 amide bonds. The molecule has 0 fully saturated rings. The molecule has 2 unspecified atom stereocenters. The van der Waals surface area contributed by atoms with E-state index < -0.39 is 97.5 Å². The van der Waals surface area contributed by atoms with Crippen LogP contribution >= 0.6 is 15.6 Å². The highest BCUT2D eigenvalue weighted by atomic mass is 31.2. The Morgan fingerprint density at radius 1 is 0.278 bits per heavy atom. The Morgan fingerprint density at radius 2 is 0.474 bits per heavy atom. The van der Waals surface area contributed by atoms with Gasteiger partial charge in [0.1, 0.15) is 19.3 Å². The van der Waals surface area contributed by atoms with Gasteiger partial charge in [0.25, 0.3) is 0 Å². The molecule has 0 heterocycles. The van der Waals surface area contributed by atoms with Gasteiger partial charge in [-0.05, 0) is 43.4 Å². The van der Waals surface area contributed by atoms with Gasteiger partial charge in [0.2, 0.25) is 0 Å². The number of aliphatic hydroxyl groups is 1. The van der Waals surface area contributed by atoms with Gasteiger partial charge in [-0.3, -0.25) is 37.3 Å². The zero-order valence-electron chi connectivity index (χ0n) is 63.5. The second kappa shape index (κ2) is 68.5. The minimum atomic E-state index is -4.96. The van der Waals surface area contributed by atoms with Crippen molar-refractivity contribution in [2.45, 2.75) is 420 Å². The third-order valence-electron chi connectivity index (χ3n) is 18.1. The maximum Gasteiger partial charge on any atom is 0.472 e. The molecule has 0 aromatic carbocycles. The number of carbonyl (C=O) groups is 4. The normalized spacial score (nSPS) is 14.0. The highest BCUT2D eigenvalue weighted by molar-refractivity contribution is 7.47. The molecule has 0 aliphatic rings. The Kier molecular flexibility index (Phi) is 67.1. The van der Waals surface area contributed by atoms with E-state index in [1.54, 1.807) is 0 Å². The summed E-state index contributed by atoms with van der Waals surface area (Å²) in [6, 6.07) is 0. The van der Waals surface area contributed by atoms with Gasteiger partial charge in [0.15, 0.2) is 12.2 Å². The molecular weight excluding hydrogens is 1270 g/mol. The second-order valence-electron chi connectivity index (χ2n) is 29.5. The molecule has 0 saturated carbocycles. The molecule has 0 bridgehead atoms. The number of phosphoric acid groups is 2. The first-order chi connectivity index (χ1) is 46.7. The van der Waals surface area contributed by atoms with E-state index in [0.29, 0.717) is 31.6 Å². The highest BCUT2D eigenvalue weighted by Crippen LogP contribution is 2.45. The summed E-state index contributed by atoms with van der Waals surface area (Å²) in [5.74, 6) is 0.0698. The first kappa shape index (κ1) is 95.1. The van der Waals surface area contributed by atoms with Crippen molar-refractivity contribution in [2.75, 3.05) is 39.6 Å². The van der Waals surface area contributed by atoms with Crippen LogP contribution < -0.4 is 0 Å². The zero-order valence-corrected chi connectivity index (χ0v) is 65.3. The molecule has 5 atom stereocenters. The Bertz CT molecular complexity index is 1890. The lowest BCUT2D eigenvalue weighted by Gasteiger charge is -2.21. The Hall–Kier alpha value is -1.94. The van der Waals surface area contributed by atoms with Crippen molar-refractivity contribution in [3.8, 4) is 0 Å². The van der Waals surface area contributed by atoms with E-state index in [9.17, 15) is 43.2 Å². The molecule has 0 spiro atoms. The van der Waals surface area contributed by atoms with Gasteiger partial charge in [-0.2, -0.15) is 0 Å². The topological polar surface area (TPSA) is 237 Å². The third-order valence-corrected chi connectivity index (χ3v) is 20.0. The predicted molar refractivity (Wildman–Crippen MR) is 395 cm³/mol. The minimum Gasteiger partial charge on any atom is -0.462 e. The van der Waals surface area contributed by atoms with Gasteiger partial charge < -0.3 is 33.8 Å². The Labute approximate surface area is 594 Å². The molecule has 19 heteroatoms. The molecule has 3 N–H and O–H groups in total. The van der Waals surface area contributed by atoms with Crippen LogP contribution in [0.2, 0.25) is 0 Å². The number of aliphatic hydroxyl groups excluding tert-OH is 1. The van der Waals surface area contributed by atoms with E-state index in [2.05, 4.69) is 48.5 Å². The third kappa shape index (κ3) is 72.2. The summed E-state index contributed by atoms with van der Waals surface area (Å²) in [5.41, 5.74) is 0. The zero-order chi connectivity index (χ0) is 71.6. The summed E-state index contributed by atoms with van der Waals surface area (Å²) in [4.78, 5) is 72.8. The standard InChI is InChI=1S/C78H152O17P2/c1-8-9-10-11-12-13-14-15-16-17-18-19-20-21-22-23-24-25-33-38-47-54-61-77(82)94-73(65-88-75(80)59-52-45-37-32-28-26-30-35-42-49-56-69(2)3)67-92-96(84,85)90-63-72(79)64-91-97(86,87)93-68-74(66-89-76(81)60-53-46-41-40-44-51-58-71(6)7)95-78(83)62-55-48-39-34-29-27-31-36-43-50-57-70(4)5/h69-74,79H,8-68H2,1-7H3,(H,84,85)(H,86,87)/t72-,73-,74-/m1/s1. The van der Waals surface area contributed by atoms with Crippen molar-refractivity contribution < 1.29 is 80.2 Å². The minimum absolute atomic E-state index is 0.105. The quantitative estimate of drug-likeness (QED) is 0.0222. The van der Waals surface area contributed by atoms with Crippen LogP contribution in [0.15, 0.2) is 0 Å². The Morgan fingerprint density at radius 3 is 0.701 bits per heavy atom. The van der Waals surface area contributed by atoms with Crippen molar-refractivity contribution in [3.05, 3.63) is 0 Å². The number of esters is 4. The van der Waals surface area contributed by atoms with E-state index in [-0.39, 0.29) is 25.7 Å². The summed E-state index contributed by atoms with van der Waals surface area (Å²) in [7, 11) is -9.91. The second-order valence-corrected chi connectivity index (χ2v) is 32.4. The number of carbonyl (C=O) groups excluding carboxylic acids is 4. The van der Waals surface area contributed by atoms with Gasteiger partial charge >= 0.3 is 39.5 Å². The van der Waals surface area contributed by atoms with Crippen LogP contribution in [0.4, 0.5) is 0 Å². The SMILES string of the molecule is CCCCCCCCCCCCCCCCCCCCCCCCC(=O)O[C@H](COC(=O)CCCCCCCCCCCCC(C)C)COP(=O)(O)OC[C@@H](O)COP(=O)(O)OC[C@@H](COC(=O)CCCCCCCCC(C)C)OC(=O)CCCCCCCCCCCCC(C)C. The highest BCUT2D eigenvalue weighted by Gasteiger charge is 2.30. The largest absolute Gasteiger partial charge is 0.472 e. The fourth-order valence-electron chi connectivity index (χ4n) is 12.0. The molecule has 17 nitrogen and oxygen atoms in total. The summed E-state index contributed by atoms with van der Waals surface area (Å²) < 4.78 is 68.5. The fraction of sp³-hybridized carbons (Fsp3) is 0.949. The number of hydrogen-bond acceptors (Lipinski definition) is 15. The van der Waals surface area contributed by atoms with Crippen LogP contribution in [0.25, 0.3) is 0 Å².